The average Bonchev–Trinajstić information content (AvgIpc) is 2.98. The van der Waals surface area contributed by atoms with Crippen molar-refractivity contribution in [2.24, 2.45) is 16.8 Å². The summed E-state index contributed by atoms with van der Waals surface area (Å²) in [7, 11) is 1.65. The van der Waals surface area contributed by atoms with Gasteiger partial charge in [-0.2, -0.15) is 5.10 Å². The van der Waals surface area contributed by atoms with Crippen molar-refractivity contribution in [1.82, 2.24) is 10.3 Å². The molecule has 23 heavy (non-hydrogen) atoms. The van der Waals surface area contributed by atoms with Gasteiger partial charge in [0.1, 0.15) is 25.1 Å². The molecule has 0 radical (unpaired) electrons. The van der Waals surface area contributed by atoms with Crippen molar-refractivity contribution >= 4 is 24.5 Å². The van der Waals surface area contributed by atoms with Gasteiger partial charge in [-0.25, -0.2) is 0 Å². The molecule has 1 rings (SSSR count). The highest BCUT2D eigenvalue weighted by atomic mass is 16.6. The minimum atomic E-state index is -0.643. The summed E-state index contributed by atoms with van der Waals surface area (Å²) in [5.41, 5.74) is 5.71. The molecule has 1 aliphatic rings. The maximum Gasteiger partial charge on any atom is 0.323 e. The second-order valence-corrected chi connectivity index (χ2v) is 5.63. The molecule has 9 nitrogen and oxygen atoms in total. The number of hydrogen-bond donors (Lipinski definition) is 2. The molecule has 0 aliphatic carbocycles. The highest BCUT2D eigenvalue weighted by Gasteiger charge is 2.29. The standard InChI is InChI=1S/C14H24N4O5/c1-9(2)13(15)14(21)22-7-10-4-5-12(23-10)18(3)17-6-11(20)16-8-19/h6,8-10,12-13H,4-5,7,15H2,1-3H3,(H,16,19,20)/b17-6-. The van der Waals surface area contributed by atoms with Crippen LogP contribution in [0.25, 0.3) is 0 Å². The zero-order valence-corrected chi connectivity index (χ0v) is 13.6. The minimum Gasteiger partial charge on any atom is -0.462 e. The topological polar surface area (TPSA) is 123 Å². The van der Waals surface area contributed by atoms with E-state index in [2.05, 4.69) is 5.10 Å². The van der Waals surface area contributed by atoms with Crippen LogP contribution in [0.4, 0.5) is 0 Å². The fraction of sp³-hybridized carbons (Fsp3) is 0.714. The first kappa shape index (κ1) is 19.0. The smallest absolute Gasteiger partial charge is 0.323 e. The van der Waals surface area contributed by atoms with E-state index in [1.165, 1.54) is 5.01 Å². The van der Waals surface area contributed by atoms with E-state index in [0.717, 1.165) is 6.21 Å². The van der Waals surface area contributed by atoms with Crippen molar-refractivity contribution in [2.45, 2.75) is 45.1 Å². The summed E-state index contributed by atoms with van der Waals surface area (Å²) < 4.78 is 10.9. The molecule has 0 saturated carbocycles. The number of imide groups is 1. The molecular formula is C14H24N4O5. The number of nitrogens with one attached hydrogen (secondary N) is 1. The van der Waals surface area contributed by atoms with E-state index in [1.807, 2.05) is 19.2 Å². The van der Waals surface area contributed by atoms with Crippen LogP contribution in [0.2, 0.25) is 0 Å². The Labute approximate surface area is 135 Å². The van der Waals surface area contributed by atoms with Crippen LogP contribution in [0.1, 0.15) is 26.7 Å². The normalized spacial score (nSPS) is 22.1. The highest BCUT2D eigenvalue weighted by Crippen LogP contribution is 2.22. The zero-order valence-electron chi connectivity index (χ0n) is 13.6. The Morgan fingerprint density at radius 2 is 2.17 bits per heavy atom. The molecule has 1 aliphatic heterocycles. The van der Waals surface area contributed by atoms with Crippen molar-refractivity contribution in [3.8, 4) is 0 Å². The Morgan fingerprint density at radius 3 is 2.78 bits per heavy atom. The van der Waals surface area contributed by atoms with Gasteiger partial charge in [-0.15, -0.1) is 0 Å². The minimum absolute atomic E-state index is 0.0118. The fourth-order valence-electron chi connectivity index (χ4n) is 1.94. The quantitative estimate of drug-likeness (QED) is 0.259. The van der Waals surface area contributed by atoms with E-state index in [1.54, 1.807) is 7.05 Å². The van der Waals surface area contributed by atoms with Crippen LogP contribution >= 0.6 is 0 Å². The van der Waals surface area contributed by atoms with Gasteiger partial charge in [-0.3, -0.25) is 24.7 Å². The molecule has 0 bridgehead atoms. The van der Waals surface area contributed by atoms with Crippen LogP contribution in [0.15, 0.2) is 5.10 Å². The van der Waals surface area contributed by atoms with E-state index in [4.69, 9.17) is 15.2 Å². The third-order valence-electron chi connectivity index (χ3n) is 3.46. The SMILES string of the molecule is CC(C)C(N)C(=O)OCC1CCC(N(C)/N=C\C(=O)NC=O)O1. The second kappa shape index (κ2) is 9.21. The Hall–Kier alpha value is -2.00. The number of hydrogen-bond acceptors (Lipinski definition) is 8. The van der Waals surface area contributed by atoms with E-state index >= 15 is 0 Å². The maximum atomic E-state index is 11.7. The predicted molar refractivity (Wildman–Crippen MR) is 82.1 cm³/mol. The number of carbonyl (C=O) groups is 3. The highest BCUT2D eigenvalue weighted by molar-refractivity contribution is 6.28. The van der Waals surface area contributed by atoms with Gasteiger partial charge in [0.05, 0.1) is 6.10 Å². The molecule has 1 heterocycles. The number of carbonyl (C=O) groups excluding carboxylic acids is 3. The molecule has 0 aromatic carbocycles. The Balaban J connectivity index is 2.36. The third-order valence-corrected chi connectivity index (χ3v) is 3.46. The van der Waals surface area contributed by atoms with Crippen molar-refractivity contribution in [1.29, 1.82) is 0 Å². The molecule has 130 valence electrons. The number of rotatable bonds is 8. The fourth-order valence-corrected chi connectivity index (χ4v) is 1.94. The lowest BCUT2D eigenvalue weighted by molar-refractivity contribution is -0.151. The molecule has 2 amide bonds. The van der Waals surface area contributed by atoms with Crippen LogP contribution in [0.5, 0.6) is 0 Å². The molecule has 3 unspecified atom stereocenters. The van der Waals surface area contributed by atoms with Crippen LogP contribution in [0.3, 0.4) is 0 Å². The van der Waals surface area contributed by atoms with E-state index in [-0.39, 0.29) is 31.3 Å². The molecule has 9 heteroatoms. The van der Waals surface area contributed by atoms with Crippen LogP contribution in [0, 0.1) is 5.92 Å². The number of ether oxygens (including phenoxy) is 2. The van der Waals surface area contributed by atoms with Crippen LogP contribution in [-0.2, 0) is 23.9 Å². The molecule has 0 aromatic rings. The Kier molecular flexibility index (Phi) is 7.63. The van der Waals surface area contributed by atoms with Crippen LogP contribution in [-0.4, -0.2) is 61.5 Å². The molecule has 0 spiro atoms. The zero-order chi connectivity index (χ0) is 17.4. The maximum absolute atomic E-state index is 11.7. The lowest BCUT2D eigenvalue weighted by atomic mass is 10.1. The number of amides is 2. The number of hydrazone groups is 1. The molecular weight excluding hydrogens is 304 g/mol. The Morgan fingerprint density at radius 1 is 1.48 bits per heavy atom. The van der Waals surface area contributed by atoms with Gasteiger partial charge in [0.15, 0.2) is 0 Å². The summed E-state index contributed by atoms with van der Waals surface area (Å²) in [4.78, 5) is 32.9. The molecule has 0 aromatic heterocycles. The van der Waals surface area contributed by atoms with E-state index in [9.17, 15) is 14.4 Å². The van der Waals surface area contributed by atoms with Crippen molar-refractivity contribution < 1.29 is 23.9 Å². The number of nitrogens with two attached hydrogens (primary N) is 1. The molecule has 1 saturated heterocycles. The van der Waals surface area contributed by atoms with Gasteiger partial charge in [0.2, 0.25) is 6.41 Å². The summed E-state index contributed by atoms with van der Waals surface area (Å²) in [5.74, 6) is -1.04. The first-order chi connectivity index (χ1) is 10.8. The summed E-state index contributed by atoms with van der Waals surface area (Å²) >= 11 is 0. The summed E-state index contributed by atoms with van der Waals surface area (Å²) in [6.07, 6.45) is 2.11. The van der Waals surface area contributed by atoms with Crippen molar-refractivity contribution in [3.05, 3.63) is 0 Å². The first-order valence-electron chi connectivity index (χ1n) is 7.43. The van der Waals surface area contributed by atoms with Gasteiger partial charge >= 0.3 is 5.97 Å². The summed E-state index contributed by atoms with van der Waals surface area (Å²) in [6.45, 7) is 3.84. The first-order valence-corrected chi connectivity index (χ1v) is 7.43. The second-order valence-electron chi connectivity index (χ2n) is 5.63. The number of nitrogens with zero attached hydrogens (tertiary/aromatic N) is 2. The number of esters is 1. The predicted octanol–water partition coefficient (Wildman–Crippen LogP) is -0.792. The lowest BCUT2D eigenvalue weighted by Crippen LogP contribution is -2.38. The van der Waals surface area contributed by atoms with Crippen molar-refractivity contribution in [2.75, 3.05) is 13.7 Å². The average molecular weight is 328 g/mol. The van der Waals surface area contributed by atoms with Crippen LogP contribution < -0.4 is 11.1 Å². The molecule has 3 N–H and O–H groups in total. The van der Waals surface area contributed by atoms with Gasteiger partial charge in [0.25, 0.3) is 5.91 Å². The summed E-state index contributed by atoms with van der Waals surface area (Å²) in [5, 5.41) is 7.32. The lowest BCUT2D eigenvalue weighted by Gasteiger charge is -2.21. The van der Waals surface area contributed by atoms with Gasteiger partial charge < -0.3 is 15.2 Å². The Bertz CT molecular complexity index is 454. The van der Waals surface area contributed by atoms with Gasteiger partial charge in [-0.05, 0) is 18.8 Å². The van der Waals surface area contributed by atoms with E-state index < -0.39 is 17.9 Å². The monoisotopic (exact) mass is 328 g/mol. The van der Waals surface area contributed by atoms with Gasteiger partial charge in [-0.1, -0.05) is 13.8 Å². The third kappa shape index (κ3) is 6.33. The largest absolute Gasteiger partial charge is 0.462 e. The van der Waals surface area contributed by atoms with E-state index in [0.29, 0.717) is 12.8 Å². The summed E-state index contributed by atoms with van der Waals surface area (Å²) in [6, 6.07) is -0.643. The van der Waals surface area contributed by atoms with Crippen molar-refractivity contribution in [3.63, 3.8) is 0 Å². The molecule has 3 atom stereocenters. The van der Waals surface area contributed by atoms with Gasteiger partial charge in [0, 0.05) is 7.05 Å². The molecule has 1 fully saturated rings.